The second kappa shape index (κ2) is 5.51. The fourth-order valence-electron chi connectivity index (χ4n) is 2.75. The third-order valence-electron chi connectivity index (χ3n) is 3.60. The minimum absolute atomic E-state index is 0.476. The average molecular weight is 232 g/mol. The first-order chi connectivity index (χ1) is 7.28. The average Bonchev–Trinajstić information content (AvgIpc) is 2.64. The summed E-state index contributed by atoms with van der Waals surface area (Å²) in [6.45, 7) is 5.72. The molecule has 3 atom stereocenters. The van der Waals surface area contributed by atoms with E-state index in [0.29, 0.717) is 18.1 Å². The number of hydrogen-bond acceptors (Lipinski definition) is 2. The SMILES string of the molecule is CC1CCC(CN2CCCC(CCl)C2)O1. The highest BCUT2D eigenvalue weighted by Crippen LogP contribution is 2.23. The Balaban J connectivity index is 1.74. The molecular weight excluding hydrogens is 210 g/mol. The molecule has 2 saturated heterocycles. The van der Waals surface area contributed by atoms with Gasteiger partial charge in [-0.3, -0.25) is 0 Å². The molecule has 0 aliphatic carbocycles. The Labute approximate surface area is 97.9 Å². The minimum atomic E-state index is 0.476. The van der Waals surface area contributed by atoms with Crippen molar-refractivity contribution < 1.29 is 4.74 Å². The highest BCUT2D eigenvalue weighted by Gasteiger charge is 2.26. The lowest BCUT2D eigenvalue weighted by Crippen LogP contribution is -2.40. The summed E-state index contributed by atoms with van der Waals surface area (Å²) in [6, 6.07) is 0. The molecule has 3 unspecified atom stereocenters. The van der Waals surface area contributed by atoms with Gasteiger partial charge in [0.05, 0.1) is 12.2 Å². The van der Waals surface area contributed by atoms with Crippen molar-refractivity contribution in [2.75, 3.05) is 25.5 Å². The van der Waals surface area contributed by atoms with Crippen LogP contribution in [0.3, 0.4) is 0 Å². The monoisotopic (exact) mass is 231 g/mol. The van der Waals surface area contributed by atoms with Crippen LogP contribution in [0.15, 0.2) is 0 Å². The fraction of sp³-hybridized carbons (Fsp3) is 1.00. The van der Waals surface area contributed by atoms with Gasteiger partial charge in [0.2, 0.25) is 0 Å². The first-order valence-electron chi connectivity index (χ1n) is 6.21. The van der Waals surface area contributed by atoms with E-state index in [1.807, 2.05) is 0 Å². The maximum atomic E-state index is 5.93. The number of likely N-dealkylation sites (tertiary alicyclic amines) is 1. The number of alkyl halides is 1. The van der Waals surface area contributed by atoms with Crippen LogP contribution >= 0.6 is 11.6 Å². The quantitative estimate of drug-likeness (QED) is 0.693. The van der Waals surface area contributed by atoms with E-state index in [1.165, 1.54) is 38.8 Å². The lowest BCUT2D eigenvalue weighted by atomic mass is 9.99. The van der Waals surface area contributed by atoms with E-state index in [0.717, 1.165) is 12.4 Å². The molecule has 2 nitrogen and oxygen atoms in total. The van der Waals surface area contributed by atoms with E-state index in [2.05, 4.69) is 11.8 Å². The number of rotatable bonds is 3. The van der Waals surface area contributed by atoms with Gasteiger partial charge < -0.3 is 9.64 Å². The molecule has 2 fully saturated rings. The van der Waals surface area contributed by atoms with Crippen LogP contribution in [0.4, 0.5) is 0 Å². The molecule has 15 heavy (non-hydrogen) atoms. The molecule has 0 aromatic rings. The van der Waals surface area contributed by atoms with Crippen molar-refractivity contribution in [3.05, 3.63) is 0 Å². The molecule has 0 aromatic heterocycles. The first-order valence-corrected chi connectivity index (χ1v) is 6.75. The van der Waals surface area contributed by atoms with Crippen molar-refractivity contribution in [3.63, 3.8) is 0 Å². The Kier molecular flexibility index (Phi) is 4.30. The van der Waals surface area contributed by atoms with Crippen molar-refractivity contribution in [3.8, 4) is 0 Å². The van der Waals surface area contributed by atoms with Crippen molar-refractivity contribution in [1.29, 1.82) is 0 Å². The summed E-state index contributed by atoms with van der Waals surface area (Å²) < 4.78 is 5.86. The molecule has 2 aliphatic rings. The molecule has 2 heterocycles. The molecule has 0 spiro atoms. The second-order valence-electron chi connectivity index (χ2n) is 5.07. The molecular formula is C12H22ClNO. The van der Waals surface area contributed by atoms with Crippen LogP contribution in [0.2, 0.25) is 0 Å². The minimum Gasteiger partial charge on any atom is -0.374 e. The van der Waals surface area contributed by atoms with Gasteiger partial charge in [-0.1, -0.05) is 0 Å². The van der Waals surface area contributed by atoms with Crippen LogP contribution < -0.4 is 0 Å². The Morgan fingerprint density at radius 3 is 2.87 bits per heavy atom. The zero-order valence-electron chi connectivity index (χ0n) is 9.62. The van der Waals surface area contributed by atoms with E-state index < -0.39 is 0 Å². The van der Waals surface area contributed by atoms with Gasteiger partial charge in [0, 0.05) is 19.0 Å². The molecule has 0 saturated carbocycles. The Bertz CT molecular complexity index is 200. The van der Waals surface area contributed by atoms with Gasteiger partial charge >= 0.3 is 0 Å². The van der Waals surface area contributed by atoms with Gasteiger partial charge in [-0.2, -0.15) is 0 Å². The maximum Gasteiger partial charge on any atom is 0.0706 e. The predicted octanol–water partition coefficient (Wildman–Crippen LogP) is 2.50. The lowest BCUT2D eigenvalue weighted by Gasteiger charge is -2.33. The van der Waals surface area contributed by atoms with E-state index in [4.69, 9.17) is 16.3 Å². The molecule has 0 amide bonds. The zero-order chi connectivity index (χ0) is 10.7. The van der Waals surface area contributed by atoms with Gasteiger partial charge in [-0.15, -0.1) is 11.6 Å². The van der Waals surface area contributed by atoms with Gasteiger partial charge in [0.15, 0.2) is 0 Å². The maximum absolute atomic E-state index is 5.93. The Morgan fingerprint density at radius 2 is 2.20 bits per heavy atom. The van der Waals surface area contributed by atoms with Crippen molar-refractivity contribution in [1.82, 2.24) is 4.90 Å². The van der Waals surface area contributed by atoms with Gasteiger partial charge in [0.1, 0.15) is 0 Å². The van der Waals surface area contributed by atoms with Gasteiger partial charge in [0.25, 0.3) is 0 Å². The fourth-order valence-corrected chi connectivity index (χ4v) is 3.00. The van der Waals surface area contributed by atoms with Gasteiger partial charge in [-0.05, 0) is 45.1 Å². The zero-order valence-corrected chi connectivity index (χ0v) is 10.4. The normalized spacial score (nSPS) is 38.4. The molecule has 0 bridgehead atoms. The smallest absolute Gasteiger partial charge is 0.0706 e. The van der Waals surface area contributed by atoms with Crippen molar-refractivity contribution in [2.24, 2.45) is 5.92 Å². The van der Waals surface area contributed by atoms with Gasteiger partial charge in [-0.25, -0.2) is 0 Å². The van der Waals surface area contributed by atoms with Crippen LogP contribution in [-0.2, 0) is 4.74 Å². The number of hydrogen-bond donors (Lipinski definition) is 0. The van der Waals surface area contributed by atoms with E-state index in [-0.39, 0.29) is 0 Å². The lowest BCUT2D eigenvalue weighted by molar-refractivity contribution is 0.0231. The van der Waals surface area contributed by atoms with E-state index >= 15 is 0 Å². The van der Waals surface area contributed by atoms with Crippen molar-refractivity contribution >= 4 is 11.6 Å². The summed E-state index contributed by atoms with van der Waals surface area (Å²) in [5, 5.41) is 0. The Morgan fingerprint density at radius 1 is 1.33 bits per heavy atom. The standard InChI is InChI=1S/C12H22ClNO/c1-10-4-5-12(15-10)9-14-6-2-3-11(7-13)8-14/h10-12H,2-9H2,1H3. The number of halogens is 1. The molecule has 2 aliphatic heterocycles. The molecule has 3 heteroatoms. The largest absolute Gasteiger partial charge is 0.374 e. The topological polar surface area (TPSA) is 12.5 Å². The summed E-state index contributed by atoms with van der Waals surface area (Å²) >= 11 is 5.93. The molecule has 2 rings (SSSR count). The Hall–Kier alpha value is 0.210. The molecule has 0 radical (unpaired) electrons. The number of piperidine rings is 1. The molecule has 0 aromatic carbocycles. The highest BCUT2D eigenvalue weighted by atomic mass is 35.5. The summed E-state index contributed by atoms with van der Waals surface area (Å²) in [5.74, 6) is 1.53. The van der Waals surface area contributed by atoms with Crippen LogP contribution in [0.5, 0.6) is 0 Å². The predicted molar refractivity (Wildman–Crippen MR) is 63.5 cm³/mol. The summed E-state index contributed by atoms with van der Waals surface area (Å²) in [5.41, 5.74) is 0. The first kappa shape index (κ1) is 11.7. The van der Waals surface area contributed by atoms with E-state index in [1.54, 1.807) is 0 Å². The van der Waals surface area contributed by atoms with E-state index in [9.17, 15) is 0 Å². The number of nitrogens with zero attached hydrogens (tertiary/aromatic N) is 1. The van der Waals surface area contributed by atoms with Crippen LogP contribution in [0.1, 0.15) is 32.6 Å². The summed E-state index contributed by atoms with van der Waals surface area (Å²) in [6.07, 6.45) is 6.04. The second-order valence-corrected chi connectivity index (χ2v) is 5.38. The highest BCUT2D eigenvalue weighted by molar-refractivity contribution is 6.18. The molecule has 0 N–H and O–H groups in total. The third kappa shape index (κ3) is 3.33. The summed E-state index contributed by atoms with van der Waals surface area (Å²) in [7, 11) is 0. The van der Waals surface area contributed by atoms with Crippen LogP contribution in [0.25, 0.3) is 0 Å². The van der Waals surface area contributed by atoms with Crippen molar-refractivity contribution in [2.45, 2.75) is 44.8 Å². The number of ether oxygens (including phenoxy) is 1. The van der Waals surface area contributed by atoms with Crippen LogP contribution in [0, 0.1) is 5.92 Å². The summed E-state index contributed by atoms with van der Waals surface area (Å²) in [4.78, 5) is 2.54. The van der Waals surface area contributed by atoms with Crippen LogP contribution in [-0.4, -0.2) is 42.6 Å². The molecule has 88 valence electrons. The third-order valence-corrected chi connectivity index (χ3v) is 4.04.